The van der Waals surface area contributed by atoms with Gasteiger partial charge in [-0.15, -0.1) is 11.3 Å². The summed E-state index contributed by atoms with van der Waals surface area (Å²) < 4.78 is 13.6. The second-order valence-corrected chi connectivity index (χ2v) is 6.66. The zero-order valence-electron chi connectivity index (χ0n) is 13.2. The molecule has 1 aromatic heterocycles. The van der Waals surface area contributed by atoms with Crippen LogP contribution in [0.4, 0.5) is 4.39 Å². The first-order valence-corrected chi connectivity index (χ1v) is 8.46. The minimum Gasteiger partial charge on any atom is -0.353 e. The molecule has 1 heterocycles. The lowest BCUT2D eigenvalue weighted by atomic mass is 9.99. The van der Waals surface area contributed by atoms with E-state index >= 15 is 0 Å². The maximum Gasteiger partial charge on any atom is 0.223 e. The minimum absolute atomic E-state index is 0.0227. The van der Waals surface area contributed by atoms with Crippen LogP contribution in [0.1, 0.15) is 35.5 Å². The zero-order valence-corrected chi connectivity index (χ0v) is 14.0. The lowest BCUT2D eigenvalue weighted by molar-refractivity contribution is -0.125. The summed E-state index contributed by atoms with van der Waals surface area (Å²) in [7, 11) is 0. The molecule has 0 radical (unpaired) electrons. The molecule has 0 saturated heterocycles. The number of Topliss-reactive ketones (excluding diaryl/α,β-unsaturated/α-hetero) is 1. The molecule has 1 aromatic carbocycles. The molecule has 5 heteroatoms. The fraction of sp³-hybridized carbons (Fsp3) is 0.333. The van der Waals surface area contributed by atoms with Crippen molar-refractivity contribution >= 4 is 23.0 Å². The average molecular weight is 333 g/mol. The van der Waals surface area contributed by atoms with Gasteiger partial charge >= 0.3 is 0 Å². The van der Waals surface area contributed by atoms with Gasteiger partial charge in [-0.05, 0) is 36.4 Å². The summed E-state index contributed by atoms with van der Waals surface area (Å²) in [6.45, 7) is 3.56. The Labute approximate surface area is 139 Å². The number of hydrogen-bond acceptors (Lipinski definition) is 3. The number of carbonyl (C=O) groups is 2. The number of benzene rings is 1. The number of thiophene rings is 1. The van der Waals surface area contributed by atoms with Gasteiger partial charge in [-0.1, -0.05) is 31.2 Å². The van der Waals surface area contributed by atoms with Crippen molar-refractivity contribution in [3.05, 3.63) is 58.0 Å². The zero-order chi connectivity index (χ0) is 16.8. The van der Waals surface area contributed by atoms with E-state index in [1.807, 2.05) is 11.4 Å². The van der Waals surface area contributed by atoms with Crippen LogP contribution in [0.3, 0.4) is 0 Å². The van der Waals surface area contributed by atoms with Crippen molar-refractivity contribution in [1.29, 1.82) is 0 Å². The number of hydrogen-bond donors (Lipinski definition) is 1. The Morgan fingerprint density at radius 2 is 1.91 bits per heavy atom. The van der Waals surface area contributed by atoms with Crippen molar-refractivity contribution in [3.63, 3.8) is 0 Å². The van der Waals surface area contributed by atoms with Crippen molar-refractivity contribution in [2.75, 3.05) is 0 Å². The molecule has 0 fully saturated rings. The predicted octanol–water partition coefficient (Wildman–Crippen LogP) is 3.84. The van der Waals surface area contributed by atoms with E-state index in [9.17, 15) is 14.0 Å². The molecule has 3 nitrogen and oxygen atoms in total. The first-order chi connectivity index (χ1) is 11.0. The molecule has 0 aliphatic rings. The van der Waals surface area contributed by atoms with Gasteiger partial charge in [-0.25, -0.2) is 4.39 Å². The highest BCUT2D eigenvalue weighted by atomic mass is 32.1. The summed E-state index contributed by atoms with van der Waals surface area (Å²) in [6.07, 6.45) is 0.600. The standard InChI is InChI=1S/C18H20FNO2S/c1-12(10-14-6-3-4-7-15(14)19)18(22)20-13(2)11-16(21)17-8-5-9-23-17/h3-9,12-13H,10-11H2,1-2H3,(H,20,22). The molecule has 1 N–H and O–H groups in total. The molecule has 0 aliphatic carbocycles. The van der Waals surface area contributed by atoms with Crippen molar-refractivity contribution < 1.29 is 14.0 Å². The molecular weight excluding hydrogens is 313 g/mol. The van der Waals surface area contributed by atoms with Crippen LogP contribution in [-0.2, 0) is 11.2 Å². The molecule has 23 heavy (non-hydrogen) atoms. The Hall–Kier alpha value is -2.01. The number of halogens is 1. The molecular formula is C18H20FNO2S. The van der Waals surface area contributed by atoms with E-state index in [1.165, 1.54) is 17.4 Å². The quantitative estimate of drug-likeness (QED) is 0.783. The van der Waals surface area contributed by atoms with E-state index in [0.29, 0.717) is 16.9 Å². The van der Waals surface area contributed by atoms with Crippen LogP contribution in [0, 0.1) is 11.7 Å². The topological polar surface area (TPSA) is 46.2 Å². The molecule has 2 unspecified atom stereocenters. The van der Waals surface area contributed by atoms with Gasteiger partial charge in [0.15, 0.2) is 5.78 Å². The van der Waals surface area contributed by atoms with E-state index in [2.05, 4.69) is 5.32 Å². The van der Waals surface area contributed by atoms with Gasteiger partial charge in [0.05, 0.1) is 4.88 Å². The third kappa shape index (κ3) is 4.99. The van der Waals surface area contributed by atoms with Gasteiger partial charge in [0.25, 0.3) is 0 Å². The smallest absolute Gasteiger partial charge is 0.223 e. The lowest BCUT2D eigenvalue weighted by Gasteiger charge is -2.17. The molecule has 2 aromatic rings. The van der Waals surface area contributed by atoms with Crippen LogP contribution in [-0.4, -0.2) is 17.7 Å². The molecule has 0 aliphatic heterocycles. The summed E-state index contributed by atoms with van der Waals surface area (Å²) in [6, 6.07) is 9.82. The normalized spacial score (nSPS) is 13.3. The van der Waals surface area contributed by atoms with Crippen LogP contribution < -0.4 is 5.32 Å². The fourth-order valence-electron chi connectivity index (χ4n) is 2.34. The fourth-order valence-corrected chi connectivity index (χ4v) is 3.01. The lowest BCUT2D eigenvalue weighted by Crippen LogP contribution is -2.38. The highest BCUT2D eigenvalue weighted by molar-refractivity contribution is 7.12. The first-order valence-electron chi connectivity index (χ1n) is 7.58. The SMILES string of the molecule is CC(CC(=O)c1cccs1)NC(=O)C(C)Cc1ccccc1F. The average Bonchev–Trinajstić information content (AvgIpc) is 3.03. The Balaban J connectivity index is 1.85. The van der Waals surface area contributed by atoms with Gasteiger partial charge in [0.2, 0.25) is 5.91 Å². The predicted molar refractivity (Wildman–Crippen MR) is 90.1 cm³/mol. The Kier molecular flexibility index (Phi) is 6.04. The second-order valence-electron chi connectivity index (χ2n) is 5.71. The van der Waals surface area contributed by atoms with Crippen molar-refractivity contribution in [3.8, 4) is 0 Å². The van der Waals surface area contributed by atoms with E-state index in [1.54, 1.807) is 38.1 Å². The summed E-state index contributed by atoms with van der Waals surface area (Å²) >= 11 is 1.40. The summed E-state index contributed by atoms with van der Waals surface area (Å²) in [4.78, 5) is 24.9. The Morgan fingerprint density at radius 3 is 2.57 bits per heavy atom. The number of carbonyl (C=O) groups excluding carboxylic acids is 2. The van der Waals surface area contributed by atoms with Crippen LogP contribution in [0.15, 0.2) is 41.8 Å². The molecule has 0 bridgehead atoms. The highest BCUT2D eigenvalue weighted by Crippen LogP contribution is 2.14. The minimum atomic E-state index is -0.355. The van der Waals surface area contributed by atoms with E-state index < -0.39 is 0 Å². The van der Waals surface area contributed by atoms with Crippen molar-refractivity contribution in [2.24, 2.45) is 5.92 Å². The number of nitrogens with one attached hydrogen (secondary N) is 1. The van der Waals surface area contributed by atoms with Gasteiger partial charge in [-0.3, -0.25) is 9.59 Å². The molecule has 0 saturated carbocycles. The van der Waals surface area contributed by atoms with Gasteiger partial charge < -0.3 is 5.32 Å². The number of rotatable bonds is 7. The summed E-state index contributed by atoms with van der Waals surface area (Å²) in [5, 5.41) is 4.69. The van der Waals surface area contributed by atoms with Crippen LogP contribution >= 0.6 is 11.3 Å². The third-order valence-electron chi connectivity index (χ3n) is 3.61. The number of ketones is 1. The van der Waals surface area contributed by atoms with Gasteiger partial charge in [-0.2, -0.15) is 0 Å². The van der Waals surface area contributed by atoms with E-state index in [4.69, 9.17) is 0 Å². The molecule has 1 amide bonds. The Bertz CT molecular complexity index is 669. The molecule has 2 atom stereocenters. The van der Waals surface area contributed by atoms with Crippen LogP contribution in [0.25, 0.3) is 0 Å². The third-order valence-corrected chi connectivity index (χ3v) is 4.52. The van der Waals surface area contributed by atoms with Crippen LogP contribution in [0.5, 0.6) is 0 Å². The monoisotopic (exact) mass is 333 g/mol. The van der Waals surface area contributed by atoms with Gasteiger partial charge in [0.1, 0.15) is 5.82 Å². The highest BCUT2D eigenvalue weighted by Gasteiger charge is 2.19. The first kappa shape index (κ1) is 17.3. The van der Waals surface area contributed by atoms with Crippen molar-refractivity contribution in [1.82, 2.24) is 5.32 Å². The van der Waals surface area contributed by atoms with E-state index in [0.717, 1.165) is 0 Å². The molecule has 0 spiro atoms. The van der Waals surface area contributed by atoms with E-state index in [-0.39, 0.29) is 35.9 Å². The maximum absolute atomic E-state index is 13.6. The van der Waals surface area contributed by atoms with Crippen molar-refractivity contribution in [2.45, 2.75) is 32.7 Å². The Morgan fingerprint density at radius 1 is 1.17 bits per heavy atom. The largest absolute Gasteiger partial charge is 0.353 e. The van der Waals surface area contributed by atoms with Gasteiger partial charge in [0, 0.05) is 18.4 Å². The van der Waals surface area contributed by atoms with Crippen LogP contribution in [0.2, 0.25) is 0 Å². The molecule has 2 rings (SSSR count). The summed E-state index contributed by atoms with van der Waals surface area (Å²) in [5.41, 5.74) is 0.525. The summed E-state index contributed by atoms with van der Waals surface area (Å²) in [5.74, 6) is -0.798. The number of amides is 1. The maximum atomic E-state index is 13.6. The second kappa shape index (κ2) is 8.02. The molecule has 122 valence electrons.